The van der Waals surface area contributed by atoms with E-state index >= 15 is 0 Å². The summed E-state index contributed by atoms with van der Waals surface area (Å²) in [5, 5.41) is 18.4. The number of hydrogen-bond donors (Lipinski definition) is 2. The van der Waals surface area contributed by atoms with Gasteiger partial charge in [-0.05, 0) is 6.42 Å². The fraction of sp³-hybridized carbons (Fsp3) is 0.875. The number of ether oxygens (including phenoxy) is 1. The Balaban J connectivity index is 2.08. The molecule has 0 aromatic carbocycles. The van der Waals surface area contributed by atoms with Gasteiger partial charge in [0.25, 0.3) is 0 Å². The van der Waals surface area contributed by atoms with Gasteiger partial charge in [0, 0.05) is 18.4 Å². The molecule has 2 fully saturated rings. The van der Waals surface area contributed by atoms with E-state index in [0.29, 0.717) is 12.8 Å². The van der Waals surface area contributed by atoms with E-state index in [9.17, 15) is 9.90 Å². The molecule has 2 N–H and O–H groups in total. The number of rotatable bonds is 1. The zero-order chi connectivity index (χ0) is 8.72. The zero-order valence-corrected chi connectivity index (χ0v) is 6.64. The molecule has 0 unspecified atom stereocenters. The summed E-state index contributed by atoms with van der Waals surface area (Å²) in [6, 6.07) is 0. The second-order valence-corrected chi connectivity index (χ2v) is 3.59. The van der Waals surface area contributed by atoms with Gasteiger partial charge in [-0.2, -0.15) is 0 Å². The molecule has 0 spiro atoms. The molecule has 68 valence electrons. The van der Waals surface area contributed by atoms with Gasteiger partial charge >= 0.3 is 5.97 Å². The van der Waals surface area contributed by atoms with Crippen molar-refractivity contribution in [3.63, 3.8) is 0 Å². The second kappa shape index (κ2) is 2.71. The smallest absolute Gasteiger partial charge is 0.306 e. The van der Waals surface area contributed by atoms with E-state index in [1.807, 2.05) is 0 Å². The Hall–Kier alpha value is -0.610. The zero-order valence-electron chi connectivity index (χ0n) is 6.64. The highest BCUT2D eigenvalue weighted by Gasteiger charge is 2.49. The summed E-state index contributed by atoms with van der Waals surface area (Å²) in [5.74, 6) is -0.196. The highest BCUT2D eigenvalue weighted by molar-refractivity contribution is 5.72. The lowest BCUT2D eigenvalue weighted by Gasteiger charge is -2.15. The minimum absolute atomic E-state index is 0.0221. The average molecular weight is 172 g/mol. The minimum Gasteiger partial charge on any atom is -0.459 e. The molecule has 1 aliphatic carbocycles. The van der Waals surface area contributed by atoms with Crippen LogP contribution in [0.25, 0.3) is 0 Å². The molecule has 1 aliphatic heterocycles. The highest BCUT2D eigenvalue weighted by Crippen LogP contribution is 2.39. The van der Waals surface area contributed by atoms with Crippen LogP contribution in [-0.2, 0) is 9.53 Å². The minimum atomic E-state index is -0.661. The number of carbonyl (C=O) groups is 1. The van der Waals surface area contributed by atoms with Crippen molar-refractivity contribution in [1.29, 1.82) is 0 Å². The van der Waals surface area contributed by atoms with Gasteiger partial charge in [-0.15, -0.1) is 0 Å². The molecule has 4 atom stereocenters. The Kier molecular flexibility index (Phi) is 1.81. The van der Waals surface area contributed by atoms with E-state index in [1.165, 1.54) is 0 Å². The quantitative estimate of drug-likeness (QED) is 0.513. The third kappa shape index (κ3) is 1.03. The normalized spacial score (nSPS) is 46.0. The molecule has 0 aromatic rings. The van der Waals surface area contributed by atoms with Gasteiger partial charge in [0.05, 0.1) is 12.5 Å². The van der Waals surface area contributed by atoms with Crippen LogP contribution in [-0.4, -0.2) is 35.0 Å². The molecule has 0 bridgehead atoms. The van der Waals surface area contributed by atoms with Crippen molar-refractivity contribution >= 4 is 5.97 Å². The van der Waals surface area contributed by atoms with Crippen molar-refractivity contribution in [3.05, 3.63) is 0 Å². The van der Waals surface area contributed by atoms with Gasteiger partial charge in [0.15, 0.2) is 0 Å². The van der Waals surface area contributed by atoms with Gasteiger partial charge in [0.2, 0.25) is 0 Å². The van der Waals surface area contributed by atoms with Crippen LogP contribution >= 0.6 is 0 Å². The van der Waals surface area contributed by atoms with E-state index in [0.717, 1.165) is 0 Å². The predicted octanol–water partition coefficient (Wildman–Crippen LogP) is -0.709. The van der Waals surface area contributed by atoms with Crippen LogP contribution in [0.2, 0.25) is 0 Å². The molecule has 1 saturated carbocycles. The van der Waals surface area contributed by atoms with Crippen molar-refractivity contribution in [2.75, 3.05) is 6.61 Å². The van der Waals surface area contributed by atoms with Crippen LogP contribution < -0.4 is 0 Å². The SMILES string of the molecule is O=C1C[C@@H]2C[C@H](CO)[C@@H](O)[C@@H]2O1. The first-order chi connectivity index (χ1) is 5.72. The van der Waals surface area contributed by atoms with Crippen LogP contribution in [0.15, 0.2) is 0 Å². The van der Waals surface area contributed by atoms with Gasteiger partial charge < -0.3 is 14.9 Å². The van der Waals surface area contributed by atoms with E-state index in [2.05, 4.69) is 0 Å². The summed E-state index contributed by atoms with van der Waals surface area (Å²) < 4.78 is 4.93. The Morgan fingerprint density at radius 2 is 2.33 bits per heavy atom. The molecule has 4 heteroatoms. The van der Waals surface area contributed by atoms with Crippen LogP contribution in [0.4, 0.5) is 0 Å². The second-order valence-electron chi connectivity index (χ2n) is 3.59. The lowest BCUT2D eigenvalue weighted by Crippen LogP contribution is -2.29. The van der Waals surface area contributed by atoms with Crippen LogP contribution in [0.3, 0.4) is 0 Å². The summed E-state index contributed by atoms with van der Waals surface area (Å²) in [7, 11) is 0. The third-order valence-electron chi connectivity index (χ3n) is 2.82. The Morgan fingerprint density at radius 3 is 2.92 bits per heavy atom. The molecule has 0 amide bonds. The van der Waals surface area contributed by atoms with Crippen molar-refractivity contribution in [1.82, 2.24) is 0 Å². The fourth-order valence-corrected chi connectivity index (χ4v) is 2.17. The average Bonchev–Trinajstić information content (AvgIpc) is 2.51. The molecule has 0 radical (unpaired) electrons. The molecule has 1 saturated heterocycles. The largest absolute Gasteiger partial charge is 0.459 e. The van der Waals surface area contributed by atoms with Gasteiger partial charge in [-0.25, -0.2) is 0 Å². The standard InChI is InChI=1S/C8H12O4/c9-3-5-1-4-2-6(10)12-8(4)7(5)11/h4-5,7-9,11H,1-3H2/t4-,5+,7+,8+/m0/s1. The van der Waals surface area contributed by atoms with Crippen LogP contribution in [0.5, 0.6) is 0 Å². The van der Waals surface area contributed by atoms with Crippen LogP contribution in [0, 0.1) is 11.8 Å². The summed E-state index contributed by atoms with van der Waals surface area (Å²) >= 11 is 0. The van der Waals surface area contributed by atoms with Crippen molar-refractivity contribution in [2.24, 2.45) is 11.8 Å². The van der Waals surface area contributed by atoms with E-state index in [1.54, 1.807) is 0 Å². The predicted molar refractivity (Wildman–Crippen MR) is 39.2 cm³/mol. The molecular formula is C8H12O4. The van der Waals surface area contributed by atoms with E-state index < -0.39 is 6.10 Å². The van der Waals surface area contributed by atoms with Crippen molar-refractivity contribution in [3.8, 4) is 0 Å². The monoisotopic (exact) mass is 172 g/mol. The number of hydrogen-bond acceptors (Lipinski definition) is 4. The third-order valence-corrected chi connectivity index (χ3v) is 2.82. The molecule has 2 aliphatic rings. The molecule has 0 aromatic heterocycles. The number of esters is 1. The molecule has 12 heavy (non-hydrogen) atoms. The van der Waals surface area contributed by atoms with E-state index in [-0.39, 0.29) is 30.5 Å². The number of aliphatic hydroxyl groups excluding tert-OH is 2. The molecule has 4 nitrogen and oxygen atoms in total. The lowest BCUT2D eigenvalue weighted by molar-refractivity contribution is -0.146. The highest BCUT2D eigenvalue weighted by atomic mass is 16.6. The number of aliphatic hydroxyl groups is 2. The number of fused-ring (bicyclic) bond motifs is 1. The summed E-state index contributed by atoms with van der Waals surface area (Å²) in [6.45, 7) is -0.0221. The Bertz CT molecular complexity index is 203. The Labute approximate surface area is 70.1 Å². The first-order valence-electron chi connectivity index (χ1n) is 4.20. The first-order valence-corrected chi connectivity index (χ1v) is 4.20. The topological polar surface area (TPSA) is 66.8 Å². The van der Waals surface area contributed by atoms with Crippen molar-refractivity contribution in [2.45, 2.75) is 25.0 Å². The van der Waals surface area contributed by atoms with Crippen LogP contribution in [0.1, 0.15) is 12.8 Å². The summed E-state index contributed by atoms with van der Waals surface area (Å²) in [5.41, 5.74) is 0. The number of carbonyl (C=O) groups excluding carboxylic acids is 1. The van der Waals surface area contributed by atoms with Crippen molar-refractivity contribution < 1.29 is 19.7 Å². The molecular weight excluding hydrogens is 160 g/mol. The lowest BCUT2D eigenvalue weighted by atomic mass is 10.0. The van der Waals surface area contributed by atoms with Gasteiger partial charge in [0.1, 0.15) is 6.10 Å². The maximum Gasteiger partial charge on any atom is 0.306 e. The summed E-state index contributed by atoms with van der Waals surface area (Å²) in [4.78, 5) is 10.8. The first kappa shape index (κ1) is 8.01. The maximum atomic E-state index is 10.8. The Morgan fingerprint density at radius 1 is 1.58 bits per heavy atom. The van der Waals surface area contributed by atoms with E-state index in [4.69, 9.17) is 9.84 Å². The molecule has 2 rings (SSSR count). The fourth-order valence-electron chi connectivity index (χ4n) is 2.17. The van der Waals surface area contributed by atoms with Gasteiger partial charge in [-0.1, -0.05) is 0 Å². The maximum absolute atomic E-state index is 10.8. The summed E-state index contributed by atoms with van der Waals surface area (Å²) in [6.07, 6.45) is 0.0906. The molecule has 1 heterocycles. The van der Waals surface area contributed by atoms with Gasteiger partial charge in [-0.3, -0.25) is 4.79 Å².